The van der Waals surface area contributed by atoms with Crippen molar-refractivity contribution in [2.24, 2.45) is 0 Å². The minimum absolute atomic E-state index is 0.235. The Labute approximate surface area is 103 Å². The van der Waals surface area contributed by atoms with Crippen LogP contribution in [0.25, 0.3) is 17.2 Å². The lowest BCUT2D eigenvalue weighted by atomic mass is 10.0. The van der Waals surface area contributed by atoms with Gasteiger partial charge in [-0.2, -0.15) is 0 Å². The number of rotatable bonds is 3. The number of hydrogen-bond acceptors (Lipinski definition) is 2. The van der Waals surface area contributed by atoms with Crippen LogP contribution in [0.4, 0.5) is 4.39 Å². The topological polar surface area (TPSA) is 50.2 Å². The van der Waals surface area contributed by atoms with Crippen LogP contribution in [0.1, 0.15) is 5.56 Å². The Morgan fingerprint density at radius 2 is 2.11 bits per heavy atom. The summed E-state index contributed by atoms with van der Waals surface area (Å²) in [5.41, 5.74) is 1.29. The second-order valence-electron chi connectivity index (χ2n) is 3.62. The Morgan fingerprint density at radius 1 is 1.28 bits per heavy atom. The molecular weight excluding hydrogens is 233 g/mol. The Hall–Kier alpha value is -2.49. The third-order valence-electron chi connectivity index (χ3n) is 2.41. The van der Waals surface area contributed by atoms with Gasteiger partial charge < -0.3 is 5.11 Å². The van der Waals surface area contributed by atoms with Crippen LogP contribution in [0.15, 0.2) is 48.8 Å². The number of carboxylic acid groups (broad SMARTS) is 1. The van der Waals surface area contributed by atoms with E-state index in [0.717, 1.165) is 6.08 Å². The highest BCUT2D eigenvalue weighted by molar-refractivity contribution is 5.85. The van der Waals surface area contributed by atoms with Crippen molar-refractivity contribution in [1.82, 2.24) is 4.98 Å². The van der Waals surface area contributed by atoms with E-state index in [1.165, 1.54) is 12.1 Å². The molecule has 2 aromatic rings. The monoisotopic (exact) mass is 243 g/mol. The lowest BCUT2D eigenvalue weighted by Gasteiger charge is -2.05. The van der Waals surface area contributed by atoms with Crippen molar-refractivity contribution in [2.75, 3.05) is 0 Å². The zero-order valence-electron chi connectivity index (χ0n) is 9.38. The molecule has 0 aliphatic heterocycles. The van der Waals surface area contributed by atoms with Crippen LogP contribution < -0.4 is 0 Å². The lowest BCUT2D eigenvalue weighted by Crippen LogP contribution is -1.91. The van der Waals surface area contributed by atoms with Crippen LogP contribution in [-0.4, -0.2) is 16.1 Å². The van der Waals surface area contributed by atoms with Crippen LogP contribution >= 0.6 is 0 Å². The Kier molecular flexibility index (Phi) is 3.48. The quantitative estimate of drug-likeness (QED) is 0.843. The van der Waals surface area contributed by atoms with E-state index in [-0.39, 0.29) is 5.56 Å². The summed E-state index contributed by atoms with van der Waals surface area (Å²) in [6.07, 6.45) is 5.31. The molecule has 0 bridgehead atoms. The average molecular weight is 243 g/mol. The molecule has 4 heteroatoms. The molecule has 0 fully saturated rings. The summed E-state index contributed by atoms with van der Waals surface area (Å²) in [4.78, 5) is 14.3. The molecule has 0 unspecified atom stereocenters. The SMILES string of the molecule is O=C(O)C=Cc1cccc(-c2cccnc2)c1F. The van der Waals surface area contributed by atoms with Gasteiger partial charge in [-0.05, 0) is 12.1 Å². The maximum atomic E-state index is 14.1. The van der Waals surface area contributed by atoms with Gasteiger partial charge in [-0.3, -0.25) is 4.98 Å². The molecule has 18 heavy (non-hydrogen) atoms. The van der Waals surface area contributed by atoms with E-state index >= 15 is 0 Å². The van der Waals surface area contributed by atoms with Crippen molar-refractivity contribution in [1.29, 1.82) is 0 Å². The first-order valence-corrected chi connectivity index (χ1v) is 5.28. The molecular formula is C14H10FNO2. The van der Waals surface area contributed by atoms with E-state index in [2.05, 4.69) is 4.98 Å². The molecule has 0 saturated carbocycles. The molecule has 0 amide bonds. The number of nitrogens with zero attached hydrogens (tertiary/aromatic N) is 1. The lowest BCUT2D eigenvalue weighted by molar-refractivity contribution is -0.131. The number of carboxylic acids is 1. The maximum Gasteiger partial charge on any atom is 0.328 e. The van der Waals surface area contributed by atoms with E-state index in [1.54, 1.807) is 36.7 Å². The fourth-order valence-electron chi connectivity index (χ4n) is 1.58. The summed E-state index contributed by atoms with van der Waals surface area (Å²) < 4.78 is 14.1. The summed E-state index contributed by atoms with van der Waals surface area (Å²) >= 11 is 0. The number of pyridine rings is 1. The van der Waals surface area contributed by atoms with Gasteiger partial charge in [0.2, 0.25) is 0 Å². The first kappa shape index (κ1) is 12.0. The first-order valence-electron chi connectivity index (χ1n) is 5.28. The van der Waals surface area contributed by atoms with Crippen molar-refractivity contribution in [3.8, 4) is 11.1 Å². The summed E-state index contributed by atoms with van der Waals surface area (Å²) in [5.74, 6) is -1.57. The van der Waals surface area contributed by atoms with Crippen LogP contribution in [0, 0.1) is 5.82 Å². The third kappa shape index (κ3) is 2.60. The van der Waals surface area contributed by atoms with E-state index in [0.29, 0.717) is 11.1 Å². The standard InChI is InChI=1S/C14H10FNO2/c15-14-10(6-7-13(17)18)3-1-5-12(14)11-4-2-8-16-9-11/h1-9H,(H,17,18). The molecule has 1 heterocycles. The summed E-state index contributed by atoms with van der Waals surface area (Å²) in [6.45, 7) is 0. The predicted octanol–water partition coefficient (Wildman–Crippen LogP) is 2.99. The number of benzene rings is 1. The molecule has 0 atom stereocenters. The predicted molar refractivity (Wildman–Crippen MR) is 66.3 cm³/mol. The summed E-state index contributed by atoms with van der Waals surface area (Å²) in [6, 6.07) is 8.29. The minimum atomic E-state index is -1.11. The fraction of sp³-hybridized carbons (Fsp3) is 0. The fourth-order valence-corrected chi connectivity index (χ4v) is 1.58. The number of halogens is 1. The van der Waals surface area contributed by atoms with Crippen molar-refractivity contribution in [3.05, 3.63) is 60.2 Å². The largest absolute Gasteiger partial charge is 0.478 e. The maximum absolute atomic E-state index is 14.1. The van der Waals surface area contributed by atoms with E-state index in [9.17, 15) is 9.18 Å². The van der Waals surface area contributed by atoms with Crippen molar-refractivity contribution >= 4 is 12.0 Å². The van der Waals surface area contributed by atoms with Gasteiger partial charge >= 0.3 is 5.97 Å². The smallest absolute Gasteiger partial charge is 0.328 e. The second-order valence-corrected chi connectivity index (χ2v) is 3.62. The number of aliphatic carboxylic acids is 1. The summed E-state index contributed by atoms with van der Waals surface area (Å²) in [5, 5.41) is 8.53. The highest BCUT2D eigenvalue weighted by Crippen LogP contribution is 2.24. The molecule has 1 aromatic heterocycles. The van der Waals surface area contributed by atoms with Gasteiger partial charge in [0, 0.05) is 35.2 Å². The van der Waals surface area contributed by atoms with Gasteiger partial charge in [0.1, 0.15) is 5.82 Å². The number of hydrogen-bond donors (Lipinski definition) is 1. The molecule has 0 aliphatic rings. The molecule has 0 spiro atoms. The van der Waals surface area contributed by atoms with E-state index < -0.39 is 11.8 Å². The van der Waals surface area contributed by atoms with Gasteiger partial charge in [-0.1, -0.05) is 24.3 Å². The Balaban J connectivity index is 2.46. The van der Waals surface area contributed by atoms with Crippen LogP contribution in [-0.2, 0) is 4.79 Å². The zero-order chi connectivity index (χ0) is 13.0. The van der Waals surface area contributed by atoms with Crippen molar-refractivity contribution in [2.45, 2.75) is 0 Å². The second kappa shape index (κ2) is 5.23. The molecule has 0 saturated heterocycles. The van der Waals surface area contributed by atoms with Crippen molar-refractivity contribution in [3.63, 3.8) is 0 Å². The van der Waals surface area contributed by atoms with Gasteiger partial charge in [0.05, 0.1) is 0 Å². The molecule has 0 aliphatic carbocycles. The van der Waals surface area contributed by atoms with E-state index in [4.69, 9.17) is 5.11 Å². The molecule has 90 valence electrons. The highest BCUT2D eigenvalue weighted by atomic mass is 19.1. The van der Waals surface area contributed by atoms with E-state index in [1.807, 2.05) is 0 Å². The summed E-state index contributed by atoms with van der Waals surface area (Å²) in [7, 11) is 0. The molecule has 3 nitrogen and oxygen atoms in total. The van der Waals surface area contributed by atoms with Gasteiger partial charge in [-0.25, -0.2) is 9.18 Å². The number of carbonyl (C=O) groups is 1. The minimum Gasteiger partial charge on any atom is -0.478 e. The zero-order valence-corrected chi connectivity index (χ0v) is 9.38. The Bertz CT molecular complexity index is 594. The van der Waals surface area contributed by atoms with Crippen LogP contribution in [0.5, 0.6) is 0 Å². The highest BCUT2D eigenvalue weighted by Gasteiger charge is 2.08. The molecule has 0 radical (unpaired) electrons. The van der Waals surface area contributed by atoms with Gasteiger partial charge in [-0.15, -0.1) is 0 Å². The van der Waals surface area contributed by atoms with Crippen LogP contribution in [0.2, 0.25) is 0 Å². The average Bonchev–Trinajstić information content (AvgIpc) is 2.38. The Morgan fingerprint density at radius 3 is 2.78 bits per heavy atom. The normalized spacial score (nSPS) is 10.7. The van der Waals surface area contributed by atoms with Crippen molar-refractivity contribution < 1.29 is 14.3 Å². The first-order chi connectivity index (χ1) is 8.68. The van der Waals surface area contributed by atoms with Gasteiger partial charge in [0.15, 0.2) is 0 Å². The van der Waals surface area contributed by atoms with Crippen LogP contribution in [0.3, 0.4) is 0 Å². The third-order valence-corrected chi connectivity index (χ3v) is 2.41. The molecule has 1 N–H and O–H groups in total. The molecule has 1 aromatic carbocycles. The molecule has 2 rings (SSSR count). The number of aromatic nitrogens is 1. The van der Waals surface area contributed by atoms with Gasteiger partial charge in [0.25, 0.3) is 0 Å².